The lowest BCUT2D eigenvalue weighted by atomic mass is 10.00. The van der Waals surface area contributed by atoms with Crippen molar-refractivity contribution in [3.05, 3.63) is 68.4 Å². The summed E-state index contributed by atoms with van der Waals surface area (Å²) in [5, 5.41) is 10.8. The molecule has 0 heterocycles. The molecule has 0 radical (unpaired) electrons. The highest BCUT2D eigenvalue weighted by Gasteiger charge is 2.15. The van der Waals surface area contributed by atoms with Gasteiger partial charge in [0.1, 0.15) is 5.82 Å². The molecule has 2 aromatic rings. The number of benzene rings is 2. The van der Waals surface area contributed by atoms with Crippen molar-refractivity contribution in [2.45, 2.75) is 19.4 Å². The predicted molar refractivity (Wildman–Crippen MR) is 79.0 cm³/mol. The molecule has 0 aliphatic carbocycles. The van der Waals surface area contributed by atoms with E-state index in [9.17, 15) is 9.50 Å². The standard InChI is InChI=1S/C15H13BrClFO/c1-9-4-2-6-11(15(9)17)13(19)8-10-5-3-7-12(18)14(10)16/h2-7,13,19H,8H2,1H3. The van der Waals surface area contributed by atoms with E-state index in [1.54, 1.807) is 18.2 Å². The highest BCUT2D eigenvalue weighted by atomic mass is 79.9. The fourth-order valence-corrected chi connectivity index (χ4v) is 2.63. The van der Waals surface area contributed by atoms with E-state index in [1.807, 2.05) is 19.1 Å². The number of aryl methyl sites for hydroxylation is 1. The van der Waals surface area contributed by atoms with E-state index >= 15 is 0 Å². The number of aliphatic hydroxyl groups is 1. The molecule has 2 rings (SSSR count). The SMILES string of the molecule is Cc1cccc(C(O)Cc2cccc(F)c2Br)c1Cl. The molecule has 2 aromatic carbocycles. The smallest absolute Gasteiger partial charge is 0.137 e. The first-order valence-electron chi connectivity index (χ1n) is 5.86. The number of hydrogen-bond donors (Lipinski definition) is 1. The van der Waals surface area contributed by atoms with Crippen LogP contribution in [0.3, 0.4) is 0 Å². The Bertz CT molecular complexity index is 601. The van der Waals surface area contributed by atoms with Gasteiger partial charge in [-0.05, 0) is 45.6 Å². The third-order valence-corrected chi connectivity index (χ3v) is 4.43. The Morgan fingerprint density at radius 3 is 2.68 bits per heavy atom. The van der Waals surface area contributed by atoms with E-state index < -0.39 is 6.10 Å². The molecule has 4 heteroatoms. The normalized spacial score (nSPS) is 12.5. The van der Waals surface area contributed by atoms with Gasteiger partial charge in [0.2, 0.25) is 0 Å². The second-order valence-corrected chi connectivity index (χ2v) is 5.58. The summed E-state index contributed by atoms with van der Waals surface area (Å²) < 4.78 is 13.8. The van der Waals surface area contributed by atoms with Crippen LogP contribution in [0.5, 0.6) is 0 Å². The highest BCUT2D eigenvalue weighted by Crippen LogP contribution is 2.30. The summed E-state index contributed by atoms with van der Waals surface area (Å²) >= 11 is 9.37. The van der Waals surface area contributed by atoms with Crippen molar-refractivity contribution in [1.82, 2.24) is 0 Å². The van der Waals surface area contributed by atoms with Crippen molar-refractivity contribution in [2.75, 3.05) is 0 Å². The fraction of sp³-hybridized carbons (Fsp3) is 0.200. The van der Waals surface area contributed by atoms with Gasteiger partial charge in [0.15, 0.2) is 0 Å². The summed E-state index contributed by atoms with van der Waals surface area (Å²) in [6.45, 7) is 1.89. The number of aliphatic hydroxyl groups excluding tert-OH is 1. The quantitative estimate of drug-likeness (QED) is 0.846. The first-order valence-corrected chi connectivity index (χ1v) is 7.03. The van der Waals surface area contributed by atoms with Crippen molar-refractivity contribution in [3.8, 4) is 0 Å². The lowest BCUT2D eigenvalue weighted by molar-refractivity contribution is 0.178. The molecular weight excluding hydrogens is 331 g/mol. The summed E-state index contributed by atoms with van der Waals surface area (Å²) in [7, 11) is 0. The second kappa shape index (κ2) is 6.04. The number of hydrogen-bond acceptors (Lipinski definition) is 1. The Balaban J connectivity index is 2.28. The zero-order valence-electron chi connectivity index (χ0n) is 10.3. The van der Waals surface area contributed by atoms with Crippen LogP contribution in [0.15, 0.2) is 40.9 Å². The lowest BCUT2D eigenvalue weighted by Gasteiger charge is -2.15. The molecular formula is C15H13BrClFO. The van der Waals surface area contributed by atoms with Gasteiger partial charge in [-0.3, -0.25) is 0 Å². The molecule has 0 bridgehead atoms. The van der Waals surface area contributed by atoms with Crippen LogP contribution in [0.2, 0.25) is 5.02 Å². The average Bonchev–Trinajstić information content (AvgIpc) is 2.38. The third kappa shape index (κ3) is 3.16. The Hall–Kier alpha value is -0.900. The molecule has 19 heavy (non-hydrogen) atoms. The van der Waals surface area contributed by atoms with E-state index in [2.05, 4.69) is 15.9 Å². The van der Waals surface area contributed by atoms with E-state index in [1.165, 1.54) is 6.07 Å². The molecule has 1 unspecified atom stereocenters. The first kappa shape index (κ1) is 14.5. The van der Waals surface area contributed by atoms with Gasteiger partial charge < -0.3 is 5.11 Å². The molecule has 1 nitrogen and oxygen atoms in total. The van der Waals surface area contributed by atoms with Crippen LogP contribution in [-0.2, 0) is 6.42 Å². The molecule has 0 aliphatic rings. The van der Waals surface area contributed by atoms with Crippen LogP contribution in [0.4, 0.5) is 4.39 Å². The Morgan fingerprint density at radius 1 is 1.26 bits per heavy atom. The number of rotatable bonds is 3. The van der Waals surface area contributed by atoms with Crippen molar-refractivity contribution in [1.29, 1.82) is 0 Å². The van der Waals surface area contributed by atoms with E-state index in [0.717, 1.165) is 5.56 Å². The van der Waals surface area contributed by atoms with Crippen LogP contribution in [-0.4, -0.2) is 5.11 Å². The van der Waals surface area contributed by atoms with Crippen molar-refractivity contribution < 1.29 is 9.50 Å². The number of halogens is 3. The molecule has 0 saturated carbocycles. The van der Waals surface area contributed by atoms with Gasteiger partial charge in [-0.15, -0.1) is 0 Å². The minimum Gasteiger partial charge on any atom is -0.388 e. The summed E-state index contributed by atoms with van der Waals surface area (Å²) in [4.78, 5) is 0. The van der Waals surface area contributed by atoms with E-state index in [0.29, 0.717) is 27.0 Å². The summed E-state index contributed by atoms with van der Waals surface area (Å²) in [5.41, 5.74) is 2.29. The van der Waals surface area contributed by atoms with Gasteiger partial charge in [-0.2, -0.15) is 0 Å². The van der Waals surface area contributed by atoms with Gasteiger partial charge in [0, 0.05) is 11.4 Å². The second-order valence-electron chi connectivity index (χ2n) is 4.41. The van der Waals surface area contributed by atoms with Gasteiger partial charge in [-0.1, -0.05) is 41.9 Å². The van der Waals surface area contributed by atoms with Crippen LogP contribution >= 0.6 is 27.5 Å². The van der Waals surface area contributed by atoms with Crippen molar-refractivity contribution in [2.24, 2.45) is 0 Å². The van der Waals surface area contributed by atoms with Gasteiger partial charge in [-0.25, -0.2) is 4.39 Å². The molecule has 100 valence electrons. The van der Waals surface area contributed by atoms with E-state index in [-0.39, 0.29) is 5.82 Å². The van der Waals surface area contributed by atoms with Crippen LogP contribution in [0, 0.1) is 12.7 Å². The minimum atomic E-state index is -0.759. The van der Waals surface area contributed by atoms with Gasteiger partial charge in [0.25, 0.3) is 0 Å². The monoisotopic (exact) mass is 342 g/mol. The molecule has 0 aliphatic heterocycles. The molecule has 1 N–H and O–H groups in total. The maximum atomic E-state index is 13.4. The highest BCUT2D eigenvalue weighted by molar-refractivity contribution is 9.10. The Morgan fingerprint density at radius 2 is 1.95 bits per heavy atom. The van der Waals surface area contributed by atoms with E-state index in [4.69, 9.17) is 11.6 Å². The van der Waals surface area contributed by atoms with Crippen molar-refractivity contribution >= 4 is 27.5 Å². The largest absolute Gasteiger partial charge is 0.388 e. The fourth-order valence-electron chi connectivity index (χ4n) is 1.95. The third-order valence-electron chi connectivity index (χ3n) is 3.03. The predicted octanol–water partition coefficient (Wildman–Crippen LogP) is 4.83. The van der Waals surface area contributed by atoms with Crippen LogP contribution in [0.1, 0.15) is 22.8 Å². The minimum absolute atomic E-state index is 0.307. The topological polar surface area (TPSA) is 20.2 Å². The summed E-state index contributed by atoms with van der Waals surface area (Å²) in [6, 6.07) is 10.3. The van der Waals surface area contributed by atoms with Crippen molar-refractivity contribution in [3.63, 3.8) is 0 Å². The maximum Gasteiger partial charge on any atom is 0.137 e. The van der Waals surface area contributed by atoms with Crippen LogP contribution in [0.25, 0.3) is 0 Å². The molecule has 0 aromatic heterocycles. The maximum absolute atomic E-state index is 13.4. The molecule has 1 atom stereocenters. The molecule has 0 amide bonds. The average molecular weight is 344 g/mol. The lowest BCUT2D eigenvalue weighted by Crippen LogP contribution is -2.04. The molecule has 0 spiro atoms. The Labute approximate surface area is 125 Å². The zero-order chi connectivity index (χ0) is 14.0. The zero-order valence-corrected chi connectivity index (χ0v) is 12.7. The molecule has 0 saturated heterocycles. The van der Waals surface area contributed by atoms with Gasteiger partial charge >= 0.3 is 0 Å². The Kier molecular flexibility index (Phi) is 4.61. The van der Waals surface area contributed by atoms with Gasteiger partial charge in [0.05, 0.1) is 10.6 Å². The molecule has 0 fully saturated rings. The first-order chi connectivity index (χ1) is 9.00. The summed E-state index contributed by atoms with van der Waals surface area (Å²) in [5.74, 6) is -0.333. The summed E-state index contributed by atoms with van der Waals surface area (Å²) in [6.07, 6.45) is -0.452. The van der Waals surface area contributed by atoms with Crippen LogP contribution < -0.4 is 0 Å².